The van der Waals surface area contributed by atoms with Gasteiger partial charge < -0.3 is 10.8 Å². The van der Waals surface area contributed by atoms with E-state index in [1.54, 1.807) is 36.4 Å². The fraction of sp³-hybridized carbons (Fsp3) is 0. The molecule has 0 atom stereocenters. The molecular formula is C13H10ClNO2S. The maximum Gasteiger partial charge on any atom is 0.335 e. The molecule has 5 heteroatoms. The summed E-state index contributed by atoms with van der Waals surface area (Å²) in [6.45, 7) is 0. The van der Waals surface area contributed by atoms with Crippen molar-refractivity contribution in [3.05, 3.63) is 53.1 Å². The zero-order valence-electron chi connectivity index (χ0n) is 9.26. The first kappa shape index (κ1) is 12.8. The molecule has 3 nitrogen and oxygen atoms in total. The van der Waals surface area contributed by atoms with Crippen LogP contribution in [0.5, 0.6) is 0 Å². The van der Waals surface area contributed by atoms with Gasteiger partial charge in [-0.3, -0.25) is 0 Å². The van der Waals surface area contributed by atoms with Crippen molar-refractivity contribution >= 4 is 35.0 Å². The molecule has 0 aliphatic rings. The summed E-state index contributed by atoms with van der Waals surface area (Å²) < 4.78 is 0. The van der Waals surface area contributed by atoms with Crippen LogP contribution in [0.2, 0.25) is 5.02 Å². The molecule has 0 aliphatic heterocycles. The lowest BCUT2D eigenvalue weighted by molar-refractivity contribution is 0.0697. The van der Waals surface area contributed by atoms with Gasteiger partial charge in [0, 0.05) is 20.5 Å². The molecule has 0 fully saturated rings. The Morgan fingerprint density at radius 3 is 2.39 bits per heavy atom. The van der Waals surface area contributed by atoms with Crippen LogP contribution in [0.1, 0.15) is 10.4 Å². The molecule has 0 unspecified atom stereocenters. The quantitative estimate of drug-likeness (QED) is 0.840. The van der Waals surface area contributed by atoms with E-state index in [2.05, 4.69) is 0 Å². The van der Waals surface area contributed by atoms with Gasteiger partial charge in [0.15, 0.2) is 0 Å². The summed E-state index contributed by atoms with van der Waals surface area (Å²) in [5.74, 6) is -0.933. The Morgan fingerprint density at radius 2 is 1.83 bits per heavy atom. The standard InChI is InChI=1S/C13H10ClNO2S/c14-9-3-6-12(11(15)7-9)18-10-4-1-8(2-5-10)13(16)17/h1-7H,15H2,(H,16,17). The molecule has 0 amide bonds. The highest BCUT2D eigenvalue weighted by Gasteiger charge is 2.05. The molecule has 0 radical (unpaired) electrons. The average molecular weight is 280 g/mol. The van der Waals surface area contributed by atoms with E-state index < -0.39 is 5.97 Å². The van der Waals surface area contributed by atoms with E-state index in [0.717, 1.165) is 9.79 Å². The number of benzene rings is 2. The van der Waals surface area contributed by atoms with Crippen molar-refractivity contribution in [2.75, 3.05) is 5.73 Å². The highest BCUT2D eigenvalue weighted by molar-refractivity contribution is 7.99. The first-order chi connectivity index (χ1) is 8.56. The molecule has 0 aromatic heterocycles. The van der Waals surface area contributed by atoms with Gasteiger partial charge in [-0.2, -0.15) is 0 Å². The largest absolute Gasteiger partial charge is 0.478 e. The van der Waals surface area contributed by atoms with Crippen LogP contribution in [0, 0.1) is 0 Å². The molecule has 0 bridgehead atoms. The minimum absolute atomic E-state index is 0.267. The summed E-state index contributed by atoms with van der Waals surface area (Å²) in [7, 11) is 0. The van der Waals surface area contributed by atoms with Gasteiger partial charge in [-0.05, 0) is 42.5 Å². The van der Waals surface area contributed by atoms with Crippen LogP contribution < -0.4 is 5.73 Å². The fourth-order valence-electron chi connectivity index (χ4n) is 1.40. The van der Waals surface area contributed by atoms with Crippen molar-refractivity contribution in [1.82, 2.24) is 0 Å². The monoisotopic (exact) mass is 279 g/mol. The van der Waals surface area contributed by atoms with Gasteiger partial charge in [0.05, 0.1) is 5.56 Å². The Labute approximate surface area is 114 Å². The van der Waals surface area contributed by atoms with E-state index >= 15 is 0 Å². The van der Waals surface area contributed by atoms with E-state index in [9.17, 15) is 4.79 Å². The predicted octanol–water partition coefficient (Wildman–Crippen LogP) is 3.77. The van der Waals surface area contributed by atoms with Crippen LogP contribution in [0.25, 0.3) is 0 Å². The third-order valence-corrected chi connectivity index (χ3v) is 3.64. The van der Waals surface area contributed by atoms with Crippen LogP contribution in [0.15, 0.2) is 52.3 Å². The summed E-state index contributed by atoms with van der Waals surface area (Å²) in [5.41, 5.74) is 6.72. The number of carboxylic acids is 1. The molecule has 0 spiro atoms. The Morgan fingerprint density at radius 1 is 1.17 bits per heavy atom. The second-order valence-corrected chi connectivity index (χ2v) is 5.17. The maximum atomic E-state index is 10.7. The highest BCUT2D eigenvalue weighted by Crippen LogP contribution is 2.33. The van der Waals surface area contributed by atoms with Crippen molar-refractivity contribution in [2.24, 2.45) is 0 Å². The minimum atomic E-state index is -0.933. The third-order valence-electron chi connectivity index (χ3n) is 2.30. The smallest absolute Gasteiger partial charge is 0.335 e. The first-order valence-corrected chi connectivity index (χ1v) is 6.32. The van der Waals surface area contributed by atoms with Gasteiger partial charge in [0.1, 0.15) is 0 Å². The Balaban J connectivity index is 2.21. The zero-order chi connectivity index (χ0) is 13.1. The van der Waals surface area contributed by atoms with Crippen LogP contribution in [0.4, 0.5) is 5.69 Å². The van der Waals surface area contributed by atoms with Crippen molar-refractivity contribution in [3.63, 3.8) is 0 Å². The lowest BCUT2D eigenvalue weighted by atomic mass is 10.2. The topological polar surface area (TPSA) is 63.3 Å². The molecule has 0 aliphatic carbocycles. The van der Waals surface area contributed by atoms with E-state index in [-0.39, 0.29) is 5.56 Å². The second kappa shape index (κ2) is 5.33. The lowest BCUT2D eigenvalue weighted by Gasteiger charge is -2.06. The molecule has 2 rings (SSSR count). The molecule has 2 aromatic carbocycles. The van der Waals surface area contributed by atoms with Gasteiger partial charge in [-0.25, -0.2) is 4.79 Å². The predicted molar refractivity (Wildman–Crippen MR) is 73.4 cm³/mol. The first-order valence-electron chi connectivity index (χ1n) is 5.12. The number of aromatic carboxylic acids is 1. The molecule has 0 saturated carbocycles. The highest BCUT2D eigenvalue weighted by atomic mass is 35.5. The van der Waals surface area contributed by atoms with Gasteiger partial charge in [0.2, 0.25) is 0 Å². The summed E-state index contributed by atoms with van der Waals surface area (Å²) in [6.07, 6.45) is 0. The number of nitrogen functional groups attached to an aromatic ring is 1. The number of rotatable bonds is 3. The summed E-state index contributed by atoms with van der Waals surface area (Å²) in [5, 5.41) is 9.39. The third kappa shape index (κ3) is 2.97. The van der Waals surface area contributed by atoms with Crippen LogP contribution >= 0.6 is 23.4 Å². The number of carbonyl (C=O) groups is 1. The van der Waals surface area contributed by atoms with Crippen LogP contribution in [-0.4, -0.2) is 11.1 Å². The van der Waals surface area contributed by atoms with Crippen LogP contribution in [-0.2, 0) is 0 Å². The van der Waals surface area contributed by atoms with E-state index in [4.69, 9.17) is 22.4 Å². The molecular weight excluding hydrogens is 270 g/mol. The van der Waals surface area contributed by atoms with Gasteiger partial charge in [-0.1, -0.05) is 23.4 Å². The normalized spacial score (nSPS) is 10.3. The average Bonchev–Trinajstić information content (AvgIpc) is 2.33. The van der Waals surface area contributed by atoms with Crippen LogP contribution in [0.3, 0.4) is 0 Å². The Kier molecular flexibility index (Phi) is 3.79. The SMILES string of the molecule is Nc1cc(Cl)ccc1Sc1ccc(C(=O)O)cc1. The molecule has 92 valence electrons. The number of hydrogen-bond acceptors (Lipinski definition) is 3. The summed E-state index contributed by atoms with van der Waals surface area (Å²) >= 11 is 7.29. The van der Waals surface area contributed by atoms with Gasteiger partial charge in [-0.15, -0.1) is 0 Å². The Hall–Kier alpha value is -1.65. The van der Waals surface area contributed by atoms with Gasteiger partial charge in [0.25, 0.3) is 0 Å². The summed E-state index contributed by atoms with van der Waals surface area (Å²) in [4.78, 5) is 12.5. The molecule has 18 heavy (non-hydrogen) atoms. The fourth-order valence-corrected chi connectivity index (χ4v) is 2.42. The molecule has 3 N–H and O–H groups in total. The Bertz CT molecular complexity index is 584. The number of carboxylic acid groups (broad SMARTS) is 1. The summed E-state index contributed by atoms with van der Waals surface area (Å²) in [6, 6.07) is 11.9. The van der Waals surface area contributed by atoms with Crippen molar-refractivity contribution in [3.8, 4) is 0 Å². The minimum Gasteiger partial charge on any atom is -0.478 e. The van der Waals surface area contributed by atoms with E-state index in [1.807, 2.05) is 6.07 Å². The second-order valence-electron chi connectivity index (χ2n) is 3.61. The van der Waals surface area contributed by atoms with E-state index in [1.165, 1.54) is 11.8 Å². The zero-order valence-corrected chi connectivity index (χ0v) is 10.8. The van der Waals surface area contributed by atoms with Crippen molar-refractivity contribution < 1.29 is 9.90 Å². The number of anilines is 1. The molecule has 2 aromatic rings. The number of nitrogens with two attached hydrogens (primary N) is 1. The van der Waals surface area contributed by atoms with Crippen molar-refractivity contribution in [2.45, 2.75) is 9.79 Å². The molecule has 0 heterocycles. The van der Waals surface area contributed by atoms with E-state index in [0.29, 0.717) is 10.7 Å². The number of halogens is 1. The van der Waals surface area contributed by atoms with Gasteiger partial charge >= 0.3 is 5.97 Å². The number of hydrogen-bond donors (Lipinski definition) is 2. The van der Waals surface area contributed by atoms with Crippen molar-refractivity contribution in [1.29, 1.82) is 0 Å². The lowest BCUT2D eigenvalue weighted by Crippen LogP contribution is -1.94. The maximum absolute atomic E-state index is 10.7. The molecule has 0 saturated heterocycles.